The van der Waals surface area contributed by atoms with Crippen molar-refractivity contribution in [1.29, 1.82) is 0 Å². The molecular weight excluding hydrogens is 412 g/mol. The Labute approximate surface area is 177 Å². The number of nitrogens with zero attached hydrogens (tertiary/aromatic N) is 2. The average Bonchev–Trinajstić information content (AvgIpc) is 3.04. The molecule has 1 saturated heterocycles. The van der Waals surface area contributed by atoms with E-state index in [1.165, 1.54) is 11.8 Å². The minimum absolute atomic E-state index is 0.0111. The number of hydrogen-bond acceptors (Lipinski definition) is 6. The van der Waals surface area contributed by atoms with Crippen molar-refractivity contribution in [2.45, 2.75) is 18.6 Å². The number of nitrogens with one attached hydrogen (secondary N) is 2. The van der Waals surface area contributed by atoms with Gasteiger partial charge in [0.2, 0.25) is 11.8 Å². The van der Waals surface area contributed by atoms with Crippen LogP contribution in [0.3, 0.4) is 0 Å². The molecule has 2 N–H and O–H groups in total. The van der Waals surface area contributed by atoms with E-state index < -0.39 is 5.25 Å². The zero-order chi connectivity index (χ0) is 20.8. The number of amidine groups is 1. The normalized spacial score (nSPS) is 17.6. The molecule has 0 spiro atoms. The Balaban J connectivity index is 1.58. The van der Waals surface area contributed by atoms with Gasteiger partial charge in [-0.1, -0.05) is 41.6 Å². The molecule has 0 aromatic heterocycles. The number of benzene rings is 2. The summed E-state index contributed by atoms with van der Waals surface area (Å²) >= 11 is 7.23. The van der Waals surface area contributed by atoms with Crippen LogP contribution in [0.25, 0.3) is 0 Å². The zero-order valence-electron chi connectivity index (χ0n) is 15.8. The number of thioether (sulfide) groups is 1. The second kappa shape index (κ2) is 9.58. The number of hydrogen-bond donors (Lipinski definition) is 2. The molecule has 1 fully saturated rings. The van der Waals surface area contributed by atoms with Crippen molar-refractivity contribution >= 4 is 52.2 Å². The van der Waals surface area contributed by atoms with Crippen molar-refractivity contribution < 1.29 is 14.3 Å². The summed E-state index contributed by atoms with van der Waals surface area (Å²) in [7, 11) is 1.58. The molecule has 3 rings (SSSR count). The molecule has 2 aromatic carbocycles. The Morgan fingerprint density at radius 3 is 2.90 bits per heavy atom. The van der Waals surface area contributed by atoms with Gasteiger partial charge in [-0.05, 0) is 36.8 Å². The average molecular weight is 431 g/mol. The third-order valence-corrected chi connectivity index (χ3v) is 5.57. The molecule has 0 bridgehead atoms. The number of carbonyl (C=O) groups excluding carboxylic acids is 2. The number of ether oxygens (including phenoxy) is 1. The van der Waals surface area contributed by atoms with Gasteiger partial charge in [0.25, 0.3) is 0 Å². The molecule has 0 aliphatic carbocycles. The van der Waals surface area contributed by atoms with Crippen molar-refractivity contribution in [2.24, 2.45) is 10.2 Å². The van der Waals surface area contributed by atoms with E-state index in [1.54, 1.807) is 25.5 Å². The molecule has 150 valence electrons. The molecule has 1 aliphatic heterocycles. The molecule has 29 heavy (non-hydrogen) atoms. The summed E-state index contributed by atoms with van der Waals surface area (Å²) in [6.07, 6.45) is 1.55. The van der Waals surface area contributed by atoms with Gasteiger partial charge in [0.15, 0.2) is 5.17 Å². The molecule has 1 atom stereocenters. The third kappa shape index (κ3) is 5.58. The molecule has 1 aliphatic rings. The van der Waals surface area contributed by atoms with Crippen LogP contribution in [-0.2, 0) is 9.59 Å². The van der Waals surface area contributed by atoms with Crippen LogP contribution in [-0.4, -0.2) is 35.6 Å². The zero-order valence-corrected chi connectivity index (χ0v) is 17.4. The van der Waals surface area contributed by atoms with E-state index in [-0.39, 0.29) is 18.2 Å². The fourth-order valence-corrected chi connectivity index (χ4v) is 3.66. The quantitative estimate of drug-likeness (QED) is 0.541. The van der Waals surface area contributed by atoms with E-state index in [0.717, 1.165) is 11.1 Å². The number of carbonyl (C=O) groups is 2. The van der Waals surface area contributed by atoms with Crippen LogP contribution >= 0.6 is 23.4 Å². The lowest BCUT2D eigenvalue weighted by atomic mass is 10.2. The van der Waals surface area contributed by atoms with Gasteiger partial charge in [-0.15, -0.1) is 5.10 Å². The van der Waals surface area contributed by atoms with E-state index in [0.29, 0.717) is 21.6 Å². The van der Waals surface area contributed by atoms with Crippen LogP contribution in [0.15, 0.2) is 52.7 Å². The smallest absolute Gasteiger partial charge is 0.240 e. The minimum atomic E-state index is -0.573. The van der Waals surface area contributed by atoms with Crippen molar-refractivity contribution in [3.05, 3.63) is 58.6 Å². The van der Waals surface area contributed by atoms with E-state index in [9.17, 15) is 9.59 Å². The molecule has 2 amide bonds. The lowest BCUT2D eigenvalue weighted by Crippen LogP contribution is -2.28. The Morgan fingerprint density at radius 2 is 2.14 bits per heavy atom. The molecule has 1 heterocycles. The number of para-hydroxylation sites is 1. The van der Waals surface area contributed by atoms with Gasteiger partial charge in [0.05, 0.1) is 13.3 Å². The molecular formula is C20H19ClN4O3S. The van der Waals surface area contributed by atoms with Gasteiger partial charge < -0.3 is 15.4 Å². The van der Waals surface area contributed by atoms with Crippen LogP contribution in [0.1, 0.15) is 17.5 Å². The summed E-state index contributed by atoms with van der Waals surface area (Å²) < 4.78 is 5.24. The van der Waals surface area contributed by atoms with Gasteiger partial charge in [0, 0.05) is 22.7 Å². The maximum atomic E-state index is 12.3. The highest BCUT2D eigenvalue weighted by atomic mass is 35.5. The molecule has 0 saturated carbocycles. The second-order valence-corrected chi connectivity index (χ2v) is 7.80. The fraction of sp³-hybridized carbons (Fsp3) is 0.200. The third-order valence-electron chi connectivity index (χ3n) is 4.09. The van der Waals surface area contributed by atoms with Crippen molar-refractivity contribution in [3.8, 4) is 5.75 Å². The van der Waals surface area contributed by atoms with E-state index in [4.69, 9.17) is 16.3 Å². The highest BCUT2D eigenvalue weighted by Crippen LogP contribution is 2.24. The summed E-state index contributed by atoms with van der Waals surface area (Å²) in [5, 5.41) is 13.7. The predicted octanol–water partition coefficient (Wildman–Crippen LogP) is 3.61. The van der Waals surface area contributed by atoms with Crippen LogP contribution in [0, 0.1) is 6.92 Å². The van der Waals surface area contributed by atoms with Crippen LogP contribution in [0.5, 0.6) is 5.75 Å². The Hall–Kier alpha value is -2.84. The summed E-state index contributed by atoms with van der Waals surface area (Å²) in [6.45, 7) is 1.88. The highest BCUT2D eigenvalue weighted by molar-refractivity contribution is 8.15. The van der Waals surface area contributed by atoms with Gasteiger partial charge in [-0.25, -0.2) is 0 Å². The first-order valence-electron chi connectivity index (χ1n) is 8.74. The lowest BCUT2D eigenvalue weighted by Gasteiger charge is -2.08. The first-order chi connectivity index (χ1) is 14.0. The summed E-state index contributed by atoms with van der Waals surface area (Å²) in [6, 6.07) is 12.6. The van der Waals surface area contributed by atoms with Gasteiger partial charge in [0.1, 0.15) is 11.0 Å². The van der Waals surface area contributed by atoms with Crippen molar-refractivity contribution in [3.63, 3.8) is 0 Å². The molecule has 2 aromatic rings. The number of amides is 2. The maximum Gasteiger partial charge on any atom is 0.240 e. The van der Waals surface area contributed by atoms with Gasteiger partial charge in [-0.3, -0.25) is 9.59 Å². The number of methoxy groups -OCH3 is 1. The Morgan fingerprint density at radius 1 is 1.34 bits per heavy atom. The number of aryl methyl sites for hydroxylation is 1. The second-order valence-electron chi connectivity index (χ2n) is 6.20. The molecule has 7 nitrogen and oxygen atoms in total. The monoisotopic (exact) mass is 430 g/mol. The maximum absolute atomic E-state index is 12.3. The van der Waals surface area contributed by atoms with E-state index >= 15 is 0 Å². The Kier molecular flexibility index (Phi) is 6.90. The summed E-state index contributed by atoms with van der Waals surface area (Å²) in [5.74, 6) is 0.111. The topological polar surface area (TPSA) is 92.2 Å². The van der Waals surface area contributed by atoms with Crippen molar-refractivity contribution in [1.82, 2.24) is 5.32 Å². The largest absolute Gasteiger partial charge is 0.496 e. The Bertz CT molecular complexity index is 993. The standard InChI is InChI=1S/C20H19ClN4O3S/c1-12-7-8-14(9-15(12)21)23-18(26)10-17-19(27)24-20(29-17)25-22-11-13-5-3-4-6-16(13)28-2/h3-9,11,17H,10H2,1-2H3,(H,23,26)(H,24,25,27)/b22-11-/t17-/m0/s1. The first kappa shape index (κ1) is 20.9. The molecule has 0 unspecified atom stereocenters. The van der Waals surface area contributed by atoms with Crippen LogP contribution in [0.2, 0.25) is 5.02 Å². The van der Waals surface area contributed by atoms with Crippen LogP contribution < -0.4 is 15.4 Å². The first-order valence-corrected chi connectivity index (χ1v) is 9.99. The van der Waals surface area contributed by atoms with E-state index in [1.807, 2.05) is 37.3 Å². The molecule has 9 heteroatoms. The number of rotatable bonds is 6. The van der Waals surface area contributed by atoms with Gasteiger partial charge >= 0.3 is 0 Å². The SMILES string of the molecule is COc1ccccc1/C=N\N=C1/NC(=O)[C@H](CC(=O)Nc2ccc(C)c(Cl)c2)S1. The molecule has 0 radical (unpaired) electrons. The minimum Gasteiger partial charge on any atom is -0.496 e. The van der Waals surface area contributed by atoms with Gasteiger partial charge in [-0.2, -0.15) is 5.10 Å². The van der Waals surface area contributed by atoms with E-state index in [2.05, 4.69) is 20.8 Å². The van der Waals surface area contributed by atoms with Crippen LogP contribution in [0.4, 0.5) is 5.69 Å². The van der Waals surface area contributed by atoms with Crippen molar-refractivity contribution in [2.75, 3.05) is 12.4 Å². The number of halogens is 1. The summed E-state index contributed by atoms with van der Waals surface area (Å²) in [4.78, 5) is 24.4. The highest BCUT2D eigenvalue weighted by Gasteiger charge is 2.32. The lowest BCUT2D eigenvalue weighted by molar-refractivity contribution is -0.122. The summed E-state index contributed by atoms with van der Waals surface area (Å²) in [5.41, 5.74) is 2.27. The fourth-order valence-electron chi connectivity index (χ4n) is 2.55. The predicted molar refractivity (Wildman–Crippen MR) is 117 cm³/mol. The number of anilines is 1.